The van der Waals surface area contributed by atoms with Crippen LogP contribution in [-0.2, 0) is 6.42 Å². The van der Waals surface area contributed by atoms with E-state index >= 15 is 0 Å². The van der Waals surface area contributed by atoms with Crippen molar-refractivity contribution in [2.45, 2.75) is 33.2 Å². The Kier molecular flexibility index (Phi) is 4.98. The number of hydrogen-bond acceptors (Lipinski definition) is 2. The minimum atomic E-state index is -0.118. The summed E-state index contributed by atoms with van der Waals surface area (Å²) in [7, 11) is 0. The Morgan fingerprint density at radius 2 is 1.68 bits per heavy atom. The molecule has 0 fully saturated rings. The monoisotopic (exact) mass is 333 g/mol. The molecule has 25 heavy (non-hydrogen) atoms. The number of aryl methyl sites for hydroxylation is 1. The Labute approximate surface area is 148 Å². The Morgan fingerprint density at radius 1 is 1.04 bits per heavy atom. The molecule has 0 aliphatic rings. The quantitative estimate of drug-likeness (QED) is 0.741. The molecule has 1 aromatic heterocycles. The van der Waals surface area contributed by atoms with Crippen molar-refractivity contribution in [3.05, 3.63) is 83.0 Å². The first kappa shape index (κ1) is 17.0. The van der Waals surface area contributed by atoms with Crippen LogP contribution in [0.5, 0.6) is 0 Å². The van der Waals surface area contributed by atoms with Crippen molar-refractivity contribution in [3.8, 4) is 0 Å². The highest BCUT2D eigenvalue weighted by Gasteiger charge is 2.13. The van der Waals surface area contributed by atoms with Gasteiger partial charge in [-0.3, -0.25) is 4.79 Å². The van der Waals surface area contributed by atoms with Crippen molar-refractivity contribution in [3.63, 3.8) is 0 Å². The first-order chi connectivity index (χ1) is 12.0. The molecular formula is C21H23N3O. The summed E-state index contributed by atoms with van der Waals surface area (Å²) in [5, 5.41) is 7.38. The van der Waals surface area contributed by atoms with Gasteiger partial charge >= 0.3 is 0 Å². The Hall–Kier alpha value is -2.88. The summed E-state index contributed by atoms with van der Waals surface area (Å²) < 4.78 is 1.83. The predicted octanol–water partition coefficient (Wildman–Crippen LogP) is 4.62. The first-order valence-corrected chi connectivity index (χ1v) is 8.53. The number of anilines is 1. The zero-order valence-corrected chi connectivity index (χ0v) is 14.9. The fourth-order valence-corrected chi connectivity index (χ4v) is 2.80. The third-order valence-corrected chi connectivity index (χ3v) is 4.06. The maximum absolute atomic E-state index is 12.5. The Morgan fingerprint density at radius 3 is 2.32 bits per heavy atom. The van der Waals surface area contributed by atoms with Gasteiger partial charge in [0.1, 0.15) is 5.82 Å². The lowest BCUT2D eigenvalue weighted by atomic mass is 10.0. The Balaban J connectivity index is 1.71. The van der Waals surface area contributed by atoms with E-state index in [1.54, 1.807) is 0 Å². The average Bonchev–Trinajstić information content (AvgIpc) is 2.97. The molecule has 1 N–H and O–H groups in total. The smallest absolute Gasteiger partial charge is 0.256 e. The number of nitrogens with zero attached hydrogens (tertiary/aromatic N) is 2. The van der Waals surface area contributed by atoms with Crippen LogP contribution in [0.25, 0.3) is 0 Å². The lowest BCUT2D eigenvalue weighted by molar-refractivity contribution is 0.102. The highest BCUT2D eigenvalue weighted by atomic mass is 16.1. The number of benzene rings is 2. The first-order valence-electron chi connectivity index (χ1n) is 8.53. The van der Waals surface area contributed by atoms with E-state index in [1.165, 1.54) is 11.1 Å². The lowest BCUT2D eigenvalue weighted by Gasteiger charge is -2.12. The Bertz CT molecular complexity index is 849. The van der Waals surface area contributed by atoms with Crippen molar-refractivity contribution in [1.82, 2.24) is 9.78 Å². The number of nitrogens with one attached hydrogen (secondary N) is 1. The molecule has 1 heterocycles. The van der Waals surface area contributed by atoms with Gasteiger partial charge in [-0.1, -0.05) is 42.5 Å². The molecule has 2 aromatic carbocycles. The van der Waals surface area contributed by atoms with Crippen molar-refractivity contribution in [1.29, 1.82) is 0 Å². The van der Waals surface area contributed by atoms with Gasteiger partial charge in [0.2, 0.25) is 0 Å². The fraction of sp³-hybridized carbons (Fsp3) is 0.238. The SMILES string of the molecule is Cc1cc(NC(=O)c2ccc(Cc3ccccc3)cc2)n(C(C)C)n1. The van der Waals surface area contributed by atoms with Gasteiger partial charge in [-0.2, -0.15) is 5.10 Å². The molecule has 0 aliphatic heterocycles. The van der Waals surface area contributed by atoms with Gasteiger partial charge in [-0.05, 0) is 50.5 Å². The summed E-state index contributed by atoms with van der Waals surface area (Å²) in [5.41, 5.74) is 3.98. The van der Waals surface area contributed by atoms with Crippen LogP contribution in [0.4, 0.5) is 5.82 Å². The van der Waals surface area contributed by atoms with Crippen LogP contribution < -0.4 is 5.32 Å². The van der Waals surface area contributed by atoms with Crippen LogP contribution in [0.1, 0.15) is 47.1 Å². The largest absolute Gasteiger partial charge is 0.307 e. The van der Waals surface area contributed by atoms with E-state index in [1.807, 2.05) is 74.0 Å². The van der Waals surface area contributed by atoms with E-state index in [4.69, 9.17) is 0 Å². The minimum absolute atomic E-state index is 0.118. The zero-order chi connectivity index (χ0) is 17.8. The van der Waals surface area contributed by atoms with Crippen LogP contribution in [0.3, 0.4) is 0 Å². The number of carbonyl (C=O) groups excluding carboxylic acids is 1. The number of carbonyl (C=O) groups is 1. The molecule has 4 heteroatoms. The number of aromatic nitrogens is 2. The fourth-order valence-electron chi connectivity index (χ4n) is 2.80. The molecule has 3 aromatic rings. The van der Waals surface area contributed by atoms with Crippen LogP contribution in [0, 0.1) is 6.92 Å². The summed E-state index contributed by atoms with van der Waals surface area (Å²) in [4.78, 5) is 12.5. The maximum Gasteiger partial charge on any atom is 0.256 e. The van der Waals surface area contributed by atoms with Crippen LogP contribution in [-0.4, -0.2) is 15.7 Å². The van der Waals surface area contributed by atoms with E-state index in [9.17, 15) is 4.79 Å². The molecule has 1 amide bonds. The molecule has 0 bridgehead atoms. The summed E-state index contributed by atoms with van der Waals surface area (Å²) in [5.74, 6) is 0.610. The second kappa shape index (κ2) is 7.34. The second-order valence-electron chi connectivity index (χ2n) is 6.52. The van der Waals surface area contributed by atoms with Crippen molar-refractivity contribution < 1.29 is 4.79 Å². The van der Waals surface area contributed by atoms with E-state index in [0.29, 0.717) is 5.56 Å². The van der Waals surface area contributed by atoms with Crippen molar-refractivity contribution >= 4 is 11.7 Å². The van der Waals surface area contributed by atoms with E-state index in [0.717, 1.165) is 17.9 Å². The maximum atomic E-state index is 12.5. The predicted molar refractivity (Wildman–Crippen MR) is 101 cm³/mol. The third-order valence-electron chi connectivity index (χ3n) is 4.06. The molecule has 0 atom stereocenters. The van der Waals surface area contributed by atoms with E-state index in [-0.39, 0.29) is 11.9 Å². The molecule has 0 radical (unpaired) electrons. The van der Waals surface area contributed by atoms with Gasteiger partial charge in [0.15, 0.2) is 0 Å². The van der Waals surface area contributed by atoms with Gasteiger partial charge in [-0.15, -0.1) is 0 Å². The van der Waals surface area contributed by atoms with Crippen LogP contribution in [0.2, 0.25) is 0 Å². The topological polar surface area (TPSA) is 46.9 Å². The van der Waals surface area contributed by atoms with Gasteiger partial charge in [-0.25, -0.2) is 4.68 Å². The number of rotatable bonds is 5. The molecule has 3 rings (SSSR count). The number of amides is 1. The molecule has 0 saturated heterocycles. The van der Waals surface area contributed by atoms with Gasteiger partial charge in [0, 0.05) is 17.7 Å². The minimum Gasteiger partial charge on any atom is -0.307 e. The normalized spacial score (nSPS) is 10.9. The molecule has 0 spiro atoms. The van der Waals surface area contributed by atoms with E-state index in [2.05, 4.69) is 22.5 Å². The summed E-state index contributed by atoms with van der Waals surface area (Å²) in [6, 6.07) is 20.1. The van der Waals surface area contributed by atoms with Crippen molar-refractivity contribution in [2.24, 2.45) is 0 Å². The summed E-state index contributed by atoms with van der Waals surface area (Å²) >= 11 is 0. The highest BCUT2D eigenvalue weighted by molar-refractivity contribution is 6.03. The standard InChI is InChI=1S/C21H23N3O/c1-15(2)24-20(13-16(3)23-24)22-21(25)19-11-9-18(10-12-19)14-17-7-5-4-6-8-17/h4-13,15H,14H2,1-3H3,(H,22,25). The molecule has 0 aliphatic carbocycles. The van der Waals surface area contributed by atoms with Gasteiger partial charge in [0.05, 0.1) is 5.69 Å². The zero-order valence-electron chi connectivity index (χ0n) is 14.9. The molecule has 0 saturated carbocycles. The summed E-state index contributed by atoms with van der Waals surface area (Å²) in [6.07, 6.45) is 0.863. The third kappa shape index (κ3) is 4.15. The van der Waals surface area contributed by atoms with Gasteiger partial charge < -0.3 is 5.32 Å². The number of hydrogen-bond donors (Lipinski definition) is 1. The van der Waals surface area contributed by atoms with Crippen molar-refractivity contribution in [2.75, 3.05) is 5.32 Å². The van der Waals surface area contributed by atoms with Crippen LogP contribution in [0.15, 0.2) is 60.7 Å². The highest BCUT2D eigenvalue weighted by Crippen LogP contribution is 2.17. The van der Waals surface area contributed by atoms with Gasteiger partial charge in [0.25, 0.3) is 5.91 Å². The van der Waals surface area contributed by atoms with Crippen LogP contribution >= 0.6 is 0 Å². The molecular weight excluding hydrogens is 310 g/mol. The molecule has 128 valence electrons. The molecule has 4 nitrogen and oxygen atoms in total. The van der Waals surface area contributed by atoms with E-state index < -0.39 is 0 Å². The molecule has 0 unspecified atom stereocenters. The lowest BCUT2D eigenvalue weighted by Crippen LogP contribution is -2.16. The summed E-state index contributed by atoms with van der Waals surface area (Å²) in [6.45, 7) is 6.01. The average molecular weight is 333 g/mol. The second-order valence-corrected chi connectivity index (χ2v) is 6.52.